The highest BCUT2D eigenvalue weighted by molar-refractivity contribution is 5.69. The van der Waals surface area contributed by atoms with Crippen LogP contribution in [0.3, 0.4) is 0 Å². The minimum absolute atomic E-state index is 0.197. The largest absolute Gasteiger partial charge is 0.462 e. The molecule has 128 valence electrons. The SMILES string of the molecule is C[C@H](O)C[C@H](CCc1ccccc1)OC(=O)CCc1ccccc1. The van der Waals surface area contributed by atoms with E-state index in [1.807, 2.05) is 48.5 Å². The molecule has 0 bridgehead atoms. The van der Waals surface area contributed by atoms with Crippen LogP contribution in [0.1, 0.15) is 37.3 Å². The van der Waals surface area contributed by atoms with E-state index in [1.54, 1.807) is 6.92 Å². The zero-order valence-corrected chi connectivity index (χ0v) is 14.2. The molecule has 0 aliphatic carbocycles. The summed E-state index contributed by atoms with van der Waals surface area (Å²) in [6, 6.07) is 20.0. The predicted octanol–water partition coefficient (Wildman–Crippen LogP) is 3.93. The molecular formula is C21H26O3. The van der Waals surface area contributed by atoms with E-state index >= 15 is 0 Å². The van der Waals surface area contributed by atoms with Crippen LogP contribution in [0.4, 0.5) is 0 Å². The third kappa shape index (κ3) is 6.97. The second-order valence-corrected chi connectivity index (χ2v) is 6.21. The van der Waals surface area contributed by atoms with Crippen molar-refractivity contribution in [3.8, 4) is 0 Å². The van der Waals surface area contributed by atoms with Gasteiger partial charge in [-0.3, -0.25) is 4.79 Å². The molecule has 0 aliphatic heterocycles. The fraction of sp³-hybridized carbons (Fsp3) is 0.381. The molecule has 1 N–H and O–H groups in total. The van der Waals surface area contributed by atoms with E-state index in [9.17, 15) is 9.90 Å². The summed E-state index contributed by atoms with van der Waals surface area (Å²) in [6.07, 6.45) is 2.37. The molecule has 3 nitrogen and oxygen atoms in total. The van der Waals surface area contributed by atoms with E-state index in [0.29, 0.717) is 19.3 Å². The second-order valence-electron chi connectivity index (χ2n) is 6.21. The molecule has 3 heteroatoms. The standard InChI is InChI=1S/C21H26O3/c1-17(22)16-20(14-12-18-8-4-2-5-9-18)24-21(23)15-13-19-10-6-3-7-11-19/h2-11,17,20,22H,12-16H2,1H3/t17-,20-/m0/s1. The number of rotatable bonds is 9. The summed E-state index contributed by atoms with van der Waals surface area (Å²) >= 11 is 0. The van der Waals surface area contributed by atoms with Gasteiger partial charge in [0.25, 0.3) is 0 Å². The smallest absolute Gasteiger partial charge is 0.306 e. The molecule has 2 aromatic carbocycles. The Morgan fingerprint density at radius 1 is 0.958 bits per heavy atom. The highest BCUT2D eigenvalue weighted by atomic mass is 16.5. The van der Waals surface area contributed by atoms with E-state index in [2.05, 4.69) is 12.1 Å². The van der Waals surface area contributed by atoms with E-state index in [4.69, 9.17) is 4.74 Å². The van der Waals surface area contributed by atoms with Crippen molar-refractivity contribution in [1.82, 2.24) is 0 Å². The molecule has 0 saturated carbocycles. The van der Waals surface area contributed by atoms with Crippen LogP contribution < -0.4 is 0 Å². The van der Waals surface area contributed by atoms with Crippen molar-refractivity contribution >= 4 is 5.97 Å². The Balaban J connectivity index is 1.82. The lowest BCUT2D eigenvalue weighted by atomic mass is 10.0. The number of hydrogen-bond donors (Lipinski definition) is 1. The van der Waals surface area contributed by atoms with Crippen LogP contribution in [-0.4, -0.2) is 23.3 Å². The first-order valence-electron chi connectivity index (χ1n) is 8.59. The molecule has 0 heterocycles. The summed E-state index contributed by atoms with van der Waals surface area (Å²) in [6.45, 7) is 1.73. The minimum Gasteiger partial charge on any atom is -0.462 e. The van der Waals surface area contributed by atoms with Gasteiger partial charge >= 0.3 is 5.97 Å². The van der Waals surface area contributed by atoms with Gasteiger partial charge in [-0.1, -0.05) is 60.7 Å². The summed E-state index contributed by atoms with van der Waals surface area (Å²) in [5, 5.41) is 9.65. The van der Waals surface area contributed by atoms with Gasteiger partial charge in [-0.2, -0.15) is 0 Å². The highest BCUT2D eigenvalue weighted by Gasteiger charge is 2.17. The van der Waals surface area contributed by atoms with Gasteiger partial charge in [-0.25, -0.2) is 0 Å². The maximum absolute atomic E-state index is 12.1. The van der Waals surface area contributed by atoms with Crippen LogP contribution in [0.25, 0.3) is 0 Å². The number of aliphatic hydroxyl groups is 1. The summed E-state index contributed by atoms with van der Waals surface area (Å²) in [5.41, 5.74) is 2.35. The summed E-state index contributed by atoms with van der Waals surface area (Å²) in [7, 11) is 0. The molecule has 0 saturated heterocycles. The molecule has 0 aliphatic rings. The number of carbonyl (C=O) groups excluding carboxylic acids is 1. The Labute approximate surface area is 144 Å². The van der Waals surface area contributed by atoms with Crippen molar-refractivity contribution in [1.29, 1.82) is 0 Å². The van der Waals surface area contributed by atoms with Crippen molar-refractivity contribution in [2.45, 2.75) is 51.2 Å². The zero-order chi connectivity index (χ0) is 17.2. The monoisotopic (exact) mass is 326 g/mol. The fourth-order valence-electron chi connectivity index (χ4n) is 2.71. The Morgan fingerprint density at radius 3 is 2.04 bits per heavy atom. The molecule has 0 fully saturated rings. The van der Waals surface area contributed by atoms with E-state index < -0.39 is 6.10 Å². The van der Waals surface area contributed by atoms with Crippen molar-refractivity contribution in [3.63, 3.8) is 0 Å². The van der Waals surface area contributed by atoms with Crippen molar-refractivity contribution < 1.29 is 14.6 Å². The molecule has 2 rings (SSSR count). The maximum atomic E-state index is 12.1. The molecule has 24 heavy (non-hydrogen) atoms. The third-order valence-electron chi connectivity index (χ3n) is 3.96. The van der Waals surface area contributed by atoms with E-state index in [0.717, 1.165) is 18.4 Å². The van der Waals surface area contributed by atoms with Crippen LogP contribution in [0.5, 0.6) is 0 Å². The molecule has 2 atom stereocenters. The van der Waals surface area contributed by atoms with Gasteiger partial charge in [0, 0.05) is 12.8 Å². The van der Waals surface area contributed by atoms with Gasteiger partial charge < -0.3 is 9.84 Å². The predicted molar refractivity (Wildman–Crippen MR) is 95.7 cm³/mol. The van der Waals surface area contributed by atoms with Gasteiger partial charge in [-0.15, -0.1) is 0 Å². The number of ether oxygens (including phenoxy) is 1. The number of aliphatic hydroxyl groups excluding tert-OH is 1. The molecule has 0 amide bonds. The molecular weight excluding hydrogens is 300 g/mol. The van der Waals surface area contributed by atoms with Gasteiger partial charge in [0.1, 0.15) is 6.10 Å². The molecule has 2 aromatic rings. The lowest BCUT2D eigenvalue weighted by molar-refractivity contribution is -0.150. The van der Waals surface area contributed by atoms with E-state index in [-0.39, 0.29) is 12.1 Å². The lowest BCUT2D eigenvalue weighted by Gasteiger charge is -2.19. The number of carbonyl (C=O) groups is 1. The molecule has 0 radical (unpaired) electrons. The van der Waals surface area contributed by atoms with Gasteiger partial charge in [0.15, 0.2) is 0 Å². The fourth-order valence-corrected chi connectivity index (χ4v) is 2.71. The molecule has 0 spiro atoms. The average molecular weight is 326 g/mol. The van der Waals surface area contributed by atoms with Crippen LogP contribution in [-0.2, 0) is 22.4 Å². The topological polar surface area (TPSA) is 46.5 Å². The highest BCUT2D eigenvalue weighted by Crippen LogP contribution is 2.14. The molecule has 0 unspecified atom stereocenters. The quantitative estimate of drug-likeness (QED) is 0.710. The summed E-state index contributed by atoms with van der Waals surface area (Å²) in [4.78, 5) is 12.1. The van der Waals surface area contributed by atoms with Crippen molar-refractivity contribution in [3.05, 3.63) is 71.8 Å². The lowest BCUT2D eigenvalue weighted by Crippen LogP contribution is -2.23. The average Bonchev–Trinajstić information content (AvgIpc) is 2.59. The first-order chi connectivity index (χ1) is 11.6. The second kappa shape index (κ2) is 9.89. The van der Waals surface area contributed by atoms with Gasteiger partial charge in [-0.05, 0) is 37.3 Å². The number of aryl methyl sites for hydroxylation is 2. The van der Waals surface area contributed by atoms with Gasteiger partial charge in [0.2, 0.25) is 0 Å². The summed E-state index contributed by atoms with van der Waals surface area (Å²) in [5.74, 6) is -0.197. The normalized spacial score (nSPS) is 13.2. The Bertz CT molecular complexity index is 593. The Morgan fingerprint density at radius 2 is 1.50 bits per heavy atom. The number of benzene rings is 2. The zero-order valence-electron chi connectivity index (χ0n) is 14.2. The van der Waals surface area contributed by atoms with Crippen LogP contribution in [0.15, 0.2) is 60.7 Å². The minimum atomic E-state index is -0.479. The van der Waals surface area contributed by atoms with E-state index in [1.165, 1.54) is 5.56 Å². The third-order valence-corrected chi connectivity index (χ3v) is 3.96. The van der Waals surface area contributed by atoms with Crippen molar-refractivity contribution in [2.24, 2.45) is 0 Å². The Kier molecular flexibility index (Phi) is 7.50. The van der Waals surface area contributed by atoms with Crippen LogP contribution in [0, 0.1) is 0 Å². The molecule has 0 aromatic heterocycles. The first-order valence-corrected chi connectivity index (χ1v) is 8.59. The van der Waals surface area contributed by atoms with Crippen LogP contribution in [0.2, 0.25) is 0 Å². The van der Waals surface area contributed by atoms with Crippen molar-refractivity contribution in [2.75, 3.05) is 0 Å². The number of hydrogen-bond acceptors (Lipinski definition) is 3. The maximum Gasteiger partial charge on any atom is 0.306 e. The van der Waals surface area contributed by atoms with Gasteiger partial charge in [0.05, 0.1) is 6.10 Å². The number of esters is 1. The first kappa shape index (κ1) is 18.2. The summed E-state index contributed by atoms with van der Waals surface area (Å²) < 4.78 is 5.61. The Hall–Kier alpha value is -2.13. The van der Waals surface area contributed by atoms with Crippen LogP contribution >= 0.6 is 0 Å².